The Balaban J connectivity index is 1.57. The number of nitrogens with zero attached hydrogens (tertiary/aromatic N) is 7. The summed E-state index contributed by atoms with van der Waals surface area (Å²) in [7, 11) is 1.73. The lowest BCUT2D eigenvalue weighted by Gasteiger charge is -2.09. The van der Waals surface area contributed by atoms with Crippen LogP contribution < -0.4 is 5.32 Å². The van der Waals surface area contributed by atoms with Gasteiger partial charge in [-0.25, -0.2) is 18.4 Å². The minimum atomic E-state index is -2.72. The number of halogens is 3. The van der Waals surface area contributed by atoms with E-state index in [4.69, 9.17) is 11.6 Å². The van der Waals surface area contributed by atoms with E-state index in [1.165, 1.54) is 10.7 Å². The highest BCUT2D eigenvalue weighted by molar-refractivity contribution is 6.31. The molecule has 0 radical (unpaired) electrons. The normalized spacial score (nSPS) is 11.6. The molecule has 12 heteroatoms. The Kier molecular flexibility index (Phi) is 6.15. The highest BCUT2D eigenvalue weighted by Crippen LogP contribution is 2.32. The molecule has 33 heavy (non-hydrogen) atoms. The summed E-state index contributed by atoms with van der Waals surface area (Å²) < 4.78 is 32.4. The number of hydrogen-bond acceptors (Lipinski definition) is 5. The minimum absolute atomic E-state index is 0.158. The molecule has 0 aliphatic carbocycles. The van der Waals surface area contributed by atoms with Gasteiger partial charge in [0.2, 0.25) is 5.91 Å². The van der Waals surface area contributed by atoms with Gasteiger partial charge < -0.3 is 5.32 Å². The third-order valence-corrected chi connectivity index (χ3v) is 5.92. The van der Waals surface area contributed by atoms with Gasteiger partial charge in [0.05, 0.1) is 45.9 Å². The highest BCUT2D eigenvalue weighted by atomic mass is 35.5. The molecule has 9 nitrogen and oxygen atoms in total. The van der Waals surface area contributed by atoms with E-state index in [2.05, 4.69) is 25.6 Å². The molecule has 1 N–H and O–H groups in total. The maximum absolute atomic E-state index is 13.9. The smallest absolute Gasteiger partial charge is 0.264 e. The summed E-state index contributed by atoms with van der Waals surface area (Å²) >= 11 is 6.15. The standard InChI is InChI=1S/C21H23ClF2N8O/c1-11-18-15(20(23)24)7-16(14-8-26-30(4)9-14)27-21(18)32(28-11)10-17(33)25-5-6-31-13(3)19(22)12(2)29-31/h7-9,20H,5-6,10H2,1-4H3,(H,25,33). The van der Waals surface area contributed by atoms with E-state index >= 15 is 0 Å². The number of fused-ring (bicyclic) bond motifs is 1. The number of alkyl halides is 2. The Morgan fingerprint density at radius 2 is 1.91 bits per heavy atom. The molecule has 0 unspecified atom stereocenters. The zero-order chi connectivity index (χ0) is 23.9. The van der Waals surface area contributed by atoms with E-state index in [0.717, 1.165) is 11.4 Å². The largest absolute Gasteiger partial charge is 0.353 e. The van der Waals surface area contributed by atoms with E-state index in [1.54, 1.807) is 35.7 Å². The molecule has 4 aromatic rings. The lowest BCUT2D eigenvalue weighted by atomic mass is 10.1. The zero-order valence-corrected chi connectivity index (χ0v) is 19.4. The Morgan fingerprint density at radius 3 is 2.52 bits per heavy atom. The molecule has 0 saturated heterocycles. The van der Waals surface area contributed by atoms with Crippen LogP contribution in [0.25, 0.3) is 22.3 Å². The van der Waals surface area contributed by atoms with Crippen molar-refractivity contribution < 1.29 is 13.6 Å². The van der Waals surface area contributed by atoms with Crippen molar-refractivity contribution >= 4 is 28.5 Å². The molecule has 0 bridgehead atoms. The average molecular weight is 477 g/mol. The predicted octanol–water partition coefficient (Wildman–Crippen LogP) is 3.36. The van der Waals surface area contributed by atoms with Gasteiger partial charge in [-0.15, -0.1) is 0 Å². The lowest BCUT2D eigenvalue weighted by Crippen LogP contribution is -2.31. The molecule has 4 heterocycles. The quantitative estimate of drug-likeness (QED) is 0.441. The molecule has 0 aliphatic heterocycles. The van der Waals surface area contributed by atoms with Crippen molar-refractivity contribution in [1.82, 2.24) is 39.6 Å². The Hall–Kier alpha value is -3.34. The van der Waals surface area contributed by atoms with Crippen molar-refractivity contribution in [2.45, 2.75) is 40.3 Å². The van der Waals surface area contributed by atoms with E-state index in [0.29, 0.717) is 35.1 Å². The molecular weight excluding hydrogens is 454 g/mol. The number of carbonyl (C=O) groups is 1. The summed E-state index contributed by atoms with van der Waals surface area (Å²) in [5, 5.41) is 16.4. The van der Waals surface area contributed by atoms with Crippen LogP contribution in [0.15, 0.2) is 18.5 Å². The molecule has 174 valence electrons. The van der Waals surface area contributed by atoms with Gasteiger partial charge in [0.25, 0.3) is 6.43 Å². The van der Waals surface area contributed by atoms with Gasteiger partial charge in [0.15, 0.2) is 5.65 Å². The first-order valence-electron chi connectivity index (χ1n) is 10.3. The Labute approximate surface area is 193 Å². The maximum atomic E-state index is 13.9. The van der Waals surface area contributed by atoms with Crippen LogP contribution in [0.1, 0.15) is 29.1 Å². The van der Waals surface area contributed by atoms with Gasteiger partial charge in [-0.05, 0) is 26.8 Å². The maximum Gasteiger partial charge on any atom is 0.264 e. The van der Waals surface area contributed by atoms with E-state index < -0.39 is 6.43 Å². The first-order valence-corrected chi connectivity index (χ1v) is 10.6. The van der Waals surface area contributed by atoms with E-state index in [9.17, 15) is 13.6 Å². The van der Waals surface area contributed by atoms with Crippen molar-refractivity contribution in [3.63, 3.8) is 0 Å². The van der Waals surface area contributed by atoms with Crippen LogP contribution in [0, 0.1) is 20.8 Å². The third-order valence-electron chi connectivity index (χ3n) is 5.38. The topological polar surface area (TPSA) is 95.5 Å². The fourth-order valence-corrected chi connectivity index (χ4v) is 3.89. The zero-order valence-electron chi connectivity index (χ0n) is 18.6. The molecule has 0 fully saturated rings. The van der Waals surface area contributed by atoms with Gasteiger partial charge in [-0.2, -0.15) is 15.3 Å². The predicted molar refractivity (Wildman–Crippen MR) is 119 cm³/mol. The van der Waals surface area contributed by atoms with Crippen molar-refractivity contribution in [2.75, 3.05) is 6.54 Å². The highest BCUT2D eigenvalue weighted by Gasteiger charge is 2.22. The molecule has 4 rings (SSSR count). The second-order valence-corrected chi connectivity index (χ2v) is 8.18. The van der Waals surface area contributed by atoms with Crippen LogP contribution >= 0.6 is 11.6 Å². The van der Waals surface area contributed by atoms with Crippen LogP contribution in [0.5, 0.6) is 0 Å². The van der Waals surface area contributed by atoms with Crippen molar-refractivity contribution in [3.8, 4) is 11.3 Å². The van der Waals surface area contributed by atoms with Crippen LogP contribution in [0.3, 0.4) is 0 Å². The van der Waals surface area contributed by atoms with Gasteiger partial charge in [-0.1, -0.05) is 11.6 Å². The summed E-state index contributed by atoms with van der Waals surface area (Å²) in [5.41, 5.74) is 2.92. The van der Waals surface area contributed by atoms with E-state index in [1.807, 2.05) is 13.8 Å². The molecule has 4 aromatic heterocycles. The number of aromatic nitrogens is 7. The summed E-state index contributed by atoms with van der Waals surface area (Å²) in [6.45, 7) is 5.91. The number of amides is 1. The number of carbonyl (C=O) groups excluding carboxylic acids is 1. The number of nitrogens with one attached hydrogen (secondary N) is 1. The summed E-state index contributed by atoms with van der Waals surface area (Å²) in [6.07, 6.45) is 0.521. The van der Waals surface area contributed by atoms with Crippen molar-refractivity contribution in [2.24, 2.45) is 7.05 Å². The van der Waals surface area contributed by atoms with Gasteiger partial charge in [0, 0.05) is 30.9 Å². The van der Waals surface area contributed by atoms with Crippen LogP contribution in [0.2, 0.25) is 5.02 Å². The Bertz CT molecular complexity index is 1340. The van der Waals surface area contributed by atoms with Gasteiger partial charge >= 0.3 is 0 Å². The molecule has 1 amide bonds. The summed E-state index contributed by atoms with van der Waals surface area (Å²) in [6, 6.07) is 1.35. The Morgan fingerprint density at radius 1 is 1.18 bits per heavy atom. The first-order chi connectivity index (χ1) is 15.7. The minimum Gasteiger partial charge on any atom is -0.353 e. The van der Waals surface area contributed by atoms with Crippen LogP contribution in [0.4, 0.5) is 8.78 Å². The second kappa shape index (κ2) is 8.89. The fourth-order valence-electron chi connectivity index (χ4n) is 3.76. The number of pyridine rings is 1. The van der Waals surface area contributed by atoms with E-state index in [-0.39, 0.29) is 29.0 Å². The number of hydrogen-bond donors (Lipinski definition) is 1. The summed E-state index contributed by atoms with van der Waals surface area (Å²) in [5.74, 6) is -0.320. The number of rotatable bonds is 7. The lowest BCUT2D eigenvalue weighted by molar-refractivity contribution is -0.121. The van der Waals surface area contributed by atoms with Crippen LogP contribution in [-0.4, -0.2) is 46.8 Å². The summed E-state index contributed by atoms with van der Waals surface area (Å²) in [4.78, 5) is 17.1. The SMILES string of the molecule is Cc1nn(CCNC(=O)Cn2nc(C)c3c(C(F)F)cc(-c4cnn(C)c4)nc32)c(C)c1Cl. The molecular formula is C21H23ClF2N8O. The first kappa shape index (κ1) is 22.8. The molecule has 0 aliphatic rings. The van der Waals surface area contributed by atoms with Crippen molar-refractivity contribution in [1.29, 1.82) is 0 Å². The van der Waals surface area contributed by atoms with Crippen molar-refractivity contribution in [3.05, 3.63) is 46.1 Å². The molecule has 0 saturated carbocycles. The third kappa shape index (κ3) is 4.45. The monoisotopic (exact) mass is 476 g/mol. The average Bonchev–Trinajstić information content (AvgIpc) is 3.40. The van der Waals surface area contributed by atoms with Crippen LogP contribution in [-0.2, 0) is 24.9 Å². The second-order valence-electron chi connectivity index (χ2n) is 7.80. The molecule has 0 spiro atoms. The van der Waals surface area contributed by atoms with Gasteiger partial charge in [-0.3, -0.25) is 14.2 Å². The molecule has 0 atom stereocenters. The molecule has 0 aromatic carbocycles. The fraction of sp³-hybridized carbons (Fsp3) is 0.381. The van der Waals surface area contributed by atoms with Gasteiger partial charge in [0.1, 0.15) is 6.54 Å². The number of aryl methyl sites for hydroxylation is 3.